The van der Waals surface area contributed by atoms with Crippen molar-refractivity contribution in [1.82, 2.24) is 10.6 Å². The van der Waals surface area contributed by atoms with Crippen molar-refractivity contribution in [2.24, 2.45) is 0 Å². The third-order valence-corrected chi connectivity index (χ3v) is 3.79. The lowest BCUT2D eigenvalue weighted by molar-refractivity contribution is -0.121. The summed E-state index contributed by atoms with van der Waals surface area (Å²) in [5.41, 5.74) is 2.08. The molecule has 2 N–H and O–H groups in total. The van der Waals surface area contributed by atoms with Crippen molar-refractivity contribution in [3.05, 3.63) is 59.7 Å². The lowest BCUT2D eigenvalue weighted by atomic mass is 10.2. The van der Waals surface area contributed by atoms with Crippen LogP contribution in [0, 0.1) is 0 Å². The van der Waals surface area contributed by atoms with Gasteiger partial charge in [-0.05, 0) is 43.3 Å². The molecule has 2 aromatic carbocycles. The van der Waals surface area contributed by atoms with Gasteiger partial charge in [0, 0.05) is 13.0 Å². The Bertz CT molecular complexity index is 665. The third kappa shape index (κ3) is 7.33. The van der Waals surface area contributed by atoms with Crippen molar-refractivity contribution in [1.29, 1.82) is 0 Å². The number of benzene rings is 2. The minimum Gasteiger partial charge on any atom is -0.493 e. The molecule has 0 fully saturated rings. The van der Waals surface area contributed by atoms with Crippen molar-refractivity contribution >= 4 is 18.3 Å². The van der Waals surface area contributed by atoms with Crippen molar-refractivity contribution in [2.75, 3.05) is 20.7 Å². The Kier molecular flexibility index (Phi) is 10.2. The lowest BCUT2D eigenvalue weighted by Crippen LogP contribution is -2.23. The van der Waals surface area contributed by atoms with Gasteiger partial charge in [0.15, 0.2) is 11.5 Å². The fraction of sp³-hybridized carbons (Fsp3) is 0.350. The van der Waals surface area contributed by atoms with Crippen LogP contribution in [-0.4, -0.2) is 26.6 Å². The van der Waals surface area contributed by atoms with Crippen molar-refractivity contribution < 1.29 is 14.3 Å². The quantitative estimate of drug-likeness (QED) is 0.623. The largest absolute Gasteiger partial charge is 0.493 e. The van der Waals surface area contributed by atoms with Gasteiger partial charge < -0.3 is 20.1 Å². The Morgan fingerprint density at radius 1 is 1.04 bits per heavy atom. The van der Waals surface area contributed by atoms with E-state index in [4.69, 9.17) is 9.47 Å². The fourth-order valence-electron chi connectivity index (χ4n) is 2.39. The summed E-state index contributed by atoms with van der Waals surface area (Å²) in [7, 11) is 3.50. The average molecular weight is 379 g/mol. The van der Waals surface area contributed by atoms with E-state index >= 15 is 0 Å². The molecule has 2 aromatic rings. The molecule has 0 aliphatic heterocycles. The molecule has 0 saturated heterocycles. The van der Waals surface area contributed by atoms with E-state index in [9.17, 15) is 4.79 Å². The number of methoxy groups -OCH3 is 1. The minimum atomic E-state index is 0. The zero-order chi connectivity index (χ0) is 17.9. The van der Waals surface area contributed by atoms with E-state index in [0.717, 1.165) is 24.1 Å². The Hall–Kier alpha value is -2.24. The molecule has 0 heterocycles. The van der Waals surface area contributed by atoms with Gasteiger partial charge in [0.2, 0.25) is 5.91 Å². The summed E-state index contributed by atoms with van der Waals surface area (Å²) in [6, 6.07) is 15.7. The monoisotopic (exact) mass is 378 g/mol. The number of carbonyl (C=O) groups excluding carboxylic acids is 1. The first-order valence-electron chi connectivity index (χ1n) is 8.48. The minimum absolute atomic E-state index is 0. The van der Waals surface area contributed by atoms with Crippen molar-refractivity contribution in [3.63, 3.8) is 0 Å². The molecule has 0 unspecified atom stereocenters. The number of amides is 1. The number of nitrogens with one attached hydrogen (secondary N) is 2. The summed E-state index contributed by atoms with van der Waals surface area (Å²) >= 11 is 0. The van der Waals surface area contributed by atoms with E-state index in [1.807, 2.05) is 55.6 Å². The van der Waals surface area contributed by atoms with Gasteiger partial charge >= 0.3 is 0 Å². The molecule has 26 heavy (non-hydrogen) atoms. The molecular weight excluding hydrogens is 352 g/mol. The van der Waals surface area contributed by atoms with Gasteiger partial charge in [0.25, 0.3) is 0 Å². The van der Waals surface area contributed by atoms with Crippen LogP contribution in [0.1, 0.15) is 24.0 Å². The Labute approximate surface area is 161 Å². The molecule has 142 valence electrons. The summed E-state index contributed by atoms with van der Waals surface area (Å²) < 4.78 is 11.3. The summed E-state index contributed by atoms with van der Waals surface area (Å²) in [5.74, 6) is 1.41. The van der Waals surface area contributed by atoms with Crippen LogP contribution in [-0.2, 0) is 17.9 Å². The van der Waals surface area contributed by atoms with Crippen LogP contribution in [0.25, 0.3) is 0 Å². The number of carbonyl (C=O) groups is 1. The normalized spacial score (nSPS) is 9.92. The van der Waals surface area contributed by atoms with Gasteiger partial charge in [-0.2, -0.15) is 0 Å². The maximum Gasteiger partial charge on any atom is 0.220 e. The molecule has 0 aliphatic carbocycles. The highest BCUT2D eigenvalue weighted by Gasteiger charge is 2.07. The Morgan fingerprint density at radius 2 is 1.81 bits per heavy atom. The number of halogens is 1. The second-order valence-corrected chi connectivity index (χ2v) is 5.74. The highest BCUT2D eigenvalue weighted by atomic mass is 35.5. The zero-order valence-electron chi connectivity index (χ0n) is 15.3. The number of ether oxygens (including phenoxy) is 2. The first-order chi connectivity index (χ1) is 12.2. The summed E-state index contributed by atoms with van der Waals surface area (Å²) in [6.45, 7) is 1.81. The lowest BCUT2D eigenvalue weighted by Gasteiger charge is -2.13. The number of hydrogen-bond donors (Lipinski definition) is 2. The SMILES string of the molecule is CNCCCC(=O)NCc1ccc(OCc2ccccc2)c(OC)c1.Cl. The molecule has 0 atom stereocenters. The zero-order valence-corrected chi connectivity index (χ0v) is 16.1. The van der Waals surface area contributed by atoms with Crippen LogP contribution in [0.5, 0.6) is 11.5 Å². The highest BCUT2D eigenvalue weighted by Crippen LogP contribution is 2.28. The van der Waals surface area contributed by atoms with Crippen molar-refractivity contribution in [3.8, 4) is 11.5 Å². The highest BCUT2D eigenvalue weighted by molar-refractivity contribution is 5.85. The molecule has 6 heteroatoms. The van der Waals surface area contributed by atoms with E-state index in [-0.39, 0.29) is 18.3 Å². The Morgan fingerprint density at radius 3 is 2.50 bits per heavy atom. The number of rotatable bonds is 10. The third-order valence-electron chi connectivity index (χ3n) is 3.79. The van der Waals surface area contributed by atoms with Gasteiger partial charge in [-0.25, -0.2) is 0 Å². The molecule has 0 aromatic heterocycles. The topological polar surface area (TPSA) is 59.6 Å². The van der Waals surface area contributed by atoms with E-state index in [1.165, 1.54) is 0 Å². The van der Waals surface area contributed by atoms with Gasteiger partial charge in [-0.15, -0.1) is 12.4 Å². The predicted molar refractivity (Wildman–Crippen MR) is 106 cm³/mol. The maximum atomic E-state index is 11.8. The van der Waals surface area contributed by atoms with E-state index in [1.54, 1.807) is 7.11 Å². The van der Waals surface area contributed by atoms with E-state index in [2.05, 4.69) is 10.6 Å². The van der Waals surface area contributed by atoms with Gasteiger partial charge in [-0.1, -0.05) is 36.4 Å². The summed E-state index contributed by atoms with van der Waals surface area (Å²) in [6.07, 6.45) is 1.36. The van der Waals surface area contributed by atoms with E-state index < -0.39 is 0 Å². The van der Waals surface area contributed by atoms with Crippen LogP contribution in [0.15, 0.2) is 48.5 Å². The van der Waals surface area contributed by atoms with Crippen LogP contribution in [0.4, 0.5) is 0 Å². The van der Waals surface area contributed by atoms with Gasteiger partial charge in [0.05, 0.1) is 7.11 Å². The number of hydrogen-bond acceptors (Lipinski definition) is 4. The molecule has 0 bridgehead atoms. The van der Waals surface area contributed by atoms with Crippen LogP contribution in [0.2, 0.25) is 0 Å². The second-order valence-electron chi connectivity index (χ2n) is 5.74. The Balaban J connectivity index is 0.00000338. The molecule has 0 spiro atoms. The fourth-order valence-corrected chi connectivity index (χ4v) is 2.39. The molecule has 0 aliphatic rings. The standard InChI is InChI=1S/C20H26N2O3.ClH/c1-21-12-6-9-20(23)22-14-17-10-11-18(19(13-17)24-2)25-15-16-7-4-3-5-8-16;/h3-5,7-8,10-11,13,21H,6,9,12,14-15H2,1-2H3,(H,22,23);1H. The van der Waals surface area contributed by atoms with Gasteiger partial charge in [0.1, 0.15) is 6.61 Å². The van der Waals surface area contributed by atoms with Crippen LogP contribution in [0.3, 0.4) is 0 Å². The molecule has 0 radical (unpaired) electrons. The summed E-state index contributed by atoms with van der Waals surface area (Å²) in [4.78, 5) is 11.8. The van der Waals surface area contributed by atoms with Crippen molar-refractivity contribution in [2.45, 2.75) is 26.0 Å². The second kappa shape index (κ2) is 12.2. The van der Waals surface area contributed by atoms with Gasteiger partial charge in [-0.3, -0.25) is 4.79 Å². The summed E-state index contributed by atoms with van der Waals surface area (Å²) in [5, 5.41) is 5.95. The molecule has 5 nitrogen and oxygen atoms in total. The van der Waals surface area contributed by atoms with Crippen LogP contribution < -0.4 is 20.1 Å². The van der Waals surface area contributed by atoms with E-state index in [0.29, 0.717) is 31.1 Å². The predicted octanol–water partition coefficient (Wildman–Crippen LogP) is 3.31. The average Bonchev–Trinajstić information content (AvgIpc) is 2.66. The van der Waals surface area contributed by atoms with Crippen LogP contribution >= 0.6 is 12.4 Å². The first kappa shape index (κ1) is 21.8. The smallest absolute Gasteiger partial charge is 0.220 e. The molecule has 1 amide bonds. The molecule has 0 saturated carbocycles. The molecule has 2 rings (SSSR count). The first-order valence-corrected chi connectivity index (χ1v) is 8.48. The maximum absolute atomic E-state index is 11.8. The molecular formula is C20H27ClN2O3.